The van der Waals surface area contributed by atoms with Crippen molar-refractivity contribution in [1.29, 1.82) is 0 Å². The van der Waals surface area contributed by atoms with E-state index in [1.165, 1.54) is 0 Å². The van der Waals surface area contributed by atoms with Crippen LogP contribution in [0.25, 0.3) is 0 Å². The standard InChI is InChI=1S/C10H18N4O/c1-3-5-6-12-10(15)8-7-14(4-2)13-9(8)11/h7H,3-6H2,1-2H3,(H2,11,13)(H,12,15). The molecule has 0 spiro atoms. The molecule has 0 aliphatic carbocycles. The zero-order chi connectivity index (χ0) is 11.3. The molecule has 3 N–H and O–H groups in total. The first-order valence-electron chi connectivity index (χ1n) is 5.30. The summed E-state index contributed by atoms with van der Waals surface area (Å²) in [6.45, 7) is 5.43. The van der Waals surface area contributed by atoms with E-state index in [9.17, 15) is 4.79 Å². The highest BCUT2D eigenvalue weighted by Gasteiger charge is 2.12. The first kappa shape index (κ1) is 11.6. The lowest BCUT2D eigenvalue weighted by atomic mass is 10.3. The fourth-order valence-corrected chi connectivity index (χ4v) is 1.25. The largest absolute Gasteiger partial charge is 0.382 e. The van der Waals surface area contributed by atoms with E-state index in [4.69, 9.17) is 5.73 Å². The smallest absolute Gasteiger partial charge is 0.256 e. The third kappa shape index (κ3) is 2.97. The summed E-state index contributed by atoms with van der Waals surface area (Å²) >= 11 is 0. The predicted molar refractivity (Wildman–Crippen MR) is 59.6 cm³/mol. The van der Waals surface area contributed by atoms with Gasteiger partial charge in [0, 0.05) is 19.3 Å². The average molecular weight is 210 g/mol. The van der Waals surface area contributed by atoms with Gasteiger partial charge in [0.2, 0.25) is 0 Å². The summed E-state index contributed by atoms with van der Waals surface area (Å²) in [5, 5.41) is 6.82. The van der Waals surface area contributed by atoms with Gasteiger partial charge in [-0.2, -0.15) is 5.10 Å². The molecule has 1 amide bonds. The minimum Gasteiger partial charge on any atom is -0.382 e. The molecule has 15 heavy (non-hydrogen) atoms. The van der Waals surface area contributed by atoms with E-state index >= 15 is 0 Å². The molecule has 0 aliphatic rings. The van der Waals surface area contributed by atoms with Crippen LogP contribution >= 0.6 is 0 Å². The number of nitrogen functional groups attached to an aromatic ring is 1. The van der Waals surface area contributed by atoms with E-state index in [-0.39, 0.29) is 5.91 Å². The number of nitrogens with one attached hydrogen (secondary N) is 1. The highest BCUT2D eigenvalue weighted by Crippen LogP contribution is 2.08. The molecule has 1 rings (SSSR count). The van der Waals surface area contributed by atoms with Crippen molar-refractivity contribution in [1.82, 2.24) is 15.1 Å². The van der Waals surface area contributed by atoms with Crippen LogP contribution < -0.4 is 11.1 Å². The Labute approximate surface area is 89.6 Å². The van der Waals surface area contributed by atoms with E-state index in [0.29, 0.717) is 24.5 Å². The molecule has 0 fully saturated rings. The molecule has 1 heterocycles. The van der Waals surface area contributed by atoms with E-state index in [2.05, 4.69) is 17.3 Å². The molecule has 0 unspecified atom stereocenters. The third-order valence-corrected chi connectivity index (χ3v) is 2.17. The maximum atomic E-state index is 11.6. The van der Waals surface area contributed by atoms with Gasteiger partial charge in [-0.1, -0.05) is 13.3 Å². The van der Waals surface area contributed by atoms with Crippen LogP contribution in [0.1, 0.15) is 37.0 Å². The predicted octanol–water partition coefficient (Wildman–Crippen LogP) is 1.02. The number of unbranched alkanes of at least 4 members (excludes halogenated alkanes) is 1. The molecule has 1 aromatic heterocycles. The third-order valence-electron chi connectivity index (χ3n) is 2.17. The Morgan fingerprint density at radius 3 is 2.87 bits per heavy atom. The van der Waals surface area contributed by atoms with Gasteiger partial charge >= 0.3 is 0 Å². The first-order valence-corrected chi connectivity index (χ1v) is 5.30. The minimum atomic E-state index is -0.138. The fourth-order valence-electron chi connectivity index (χ4n) is 1.25. The van der Waals surface area contributed by atoms with Crippen LogP contribution in [-0.4, -0.2) is 22.2 Å². The number of nitrogens with zero attached hydrogens (tertiary/aromatic N) is 2. The van der Waals surface area contributed by atoms with Gasteiger partial charge in [-0.15, -0.1) is 0 Å². The monoisotopic (exact) mass is 210 g/mol. The van der Waals surface area contributed by atoms with Crippen LogP contribution in [0.3, 0.4) is 0 Å². The topological polar surface area (TPSA) is 72.9 Å². The summed E-state index contributed by atoms with van der Waals surface area (Å²) in [6, 6.07) is 0. The number of carbonyl (C=O) groups excluding carboxylic acids is 1. The molecule has 0 saturated heterocycles. The normalized spacial score (nSPS) is 10.3. The lowest BCUT2D eigenvalue weighted by Crippen LogP contribution is -2.24. The summed E-state index contributed by atoms with van der Waals surface area (Å²) in [7, 11) is 0. The fraction of sp³-hybridized carbons (Fsp3) is 0.600. The van der Waals surface area contributed by atoms with Gasteiger partial charge in [-0.05, 0) is 13.3 Å². The summed E-state index contributed by atoms with van der Waals surface area (Å²) in [5.41, 5.74) is 6.10. The van der Waals surface area contributed by atoms with Crippen LogP contribution in [0.15, 0.2) is 6.20 Å². The summed E-state index contributed by atoms with van der Waals surface area (Å²) < 4.78 is 1.66. The molecule has 0 aromatic carbocycles. The number of rotatable bonds is 5. The van der Waals surface area contributed by atoms with Crippen molar-refractivity contribution in [3.63, 3.8) is 0 Å². The van der Waals surface area contributed by atoms with Crippen molar-refractivity contribution >= 4 is 11.7 Å². The Morgan fingerprint density at radius 1 is 1.60 bits per heavy atom. The molecular weight excluding hydrogens is 192 g/mol. The Balaban J connectivity index is 2.60. The Bertz CT molecular complexity index is 332. The van der Waals surface area contributed by atoms with Crippen LogP contribution in [0.4, 0.5) is 5.82 Å². The second-order valence-electron chi connectivity index (χ2n) is 3.39. The summed E-state index contributed by atoms with van der Waals surface area (Å²) in [5.74, 6) is 0.159. The maximum absolute atomic E-state index is 11.6. The van der Waals surface area contributed by atoms with E-state index in [1.807, 2.05) is 6.92 Å². The lowest BCUT2D eigenvalue weighted by molar-refractivity contribution is 0.0954. The zero-order valence-electron chi connectivity index (χ0n) is 9.29. The molecule has 0 aliphatic heterocycles. The first-order chi connectivity index (χ1) is 7.19. The van der Waals surface area contributed by atoms with Crippen LogP contribution in [0.5, 0.6) is 0 Å². The maximum Gasteiger partial charge on any atom is 0.256 e. The molecule has 0 radical (unpaired) electrons. The van der Waals surface area contributed by atoms with Gasteiger partial charge in [0.05, 0.1) is 0 Å². The van der Waals surface area contributed by atoms with Gasteiger partial charge in [0.15, 0.2) is 5.82 Å². The van der Waals surface area contributed by atoms with Crippen molar-refractivity contribution in [3.8, 4) is 0 Å². The zero-order valence-corrected chi connectivity index (χ0v) is 9.29. The second kappa shape index (κ2) is 5.38. The molecule has 84 valence electrons. The molecule has 0 bridgehead atoms. The number of amides is 1. The highest BCUT2D eigenvalue weighted by molar-refractivity contribution is 5.98. The Morgan fingerprint density at radius 2 is 2.33 bits per heavy atom. The van der Waals surface area contributed by atoms with Crippen molar-refractivity contribution in [2.45, 2.75) is 33.2 Å². The Kier molecular flexibility index (Phi) is 4.15. The van der Waals surface area contributed by atoms with E-state index in [1.54, 1.807) is 10.9 Å². The van der Waals surface area contributed by atoms with Crippen molar-refractivity contribution in [2.24, 2.45) is 0 Å². The van der Waals surface area contributed by atoms with Crippen LogP contribution in [0.2, 0.25) is 0 Å². The number of aryl methyl sites for hydroxylation is 1. The second-order valence-corrected chi connectivity index (χ2v) is 3.39. The number of aromatic nitrogens is 2. The molecule has 5 nitrogen and oxygen atoms in total. The van der Waals surface area contributed by atoms with E-state index in [0.717, 1.165) is 12.8 Å². The molecule has 0 saturated carbocycles. The SMILES string of the molecule is CCCCNC(=O)c1cn(CC)nc1N. The number of anilines is 1. The lowest BCUT2D eigenvalue weighted by Gasteiger charge is -2.01. The van der Waals surface area contributed by atoms with Crippen LogP contribution in [-0.2, 0) is 6.54 Å². The van der Waals surface area contributed by atoms with Crippen LogP contribution in [0, 0.1) is 0 Å². The number of carbonyl (C=O) groups is 1. The van der Waals surface area contributed by atoms with Gasteiger partial charge in [-0.25, -0.2) is 0 Å². The average Bonchev–Trinajstić information content (AvgIpc) is 2.60. The number of nitrogens with two attached hydrogens (primary N) is 1. The number of hydrogen-bond acceptors (Lipinski definition) is 3. The molecule has 0 atom stereocenters. The molecule has 5 heteroatoms. The van der Waals surface area contributed by atoms with Crippen molar-refractivity contribution in [3.05, 3.63) is 11.8 Å². The molecular formula is C10H18N4O. The molecule has 1 aromatic rings. The van der Waals surface area contributed by atoms with Gasteiger partial charge in [0.25, 0.3) is 5.91 Å². The van der Waals surface area contributed by atoms with Gasteiger partial charge in [0.1, 0.15) is 5.56 Å². The van der Waals surface area contributed by atoms with Gasteiger partial charge < -0.3 is 11.1 Å². The number of hydrogen-bond donors (Lipinski definition) is 2. The van der Waals surface area contributed by atoms with Crippen molar-refractivity contribution < 1.29 is 4.79 Å². The van der Waals surface area contributed by atoms with Crippen molar-refractivity contribution in [2.75, 3.05) is 12.3 Å². The summed E-state index contributed by atoms with van der Waals surface area (Å²) in [6.07, 6.45) is 3.72. The summed E-state index contributed by atoms with van der Waals surface area (Å²) in [4.78, 5) is 11.6. The quantitative estimate of drug-likeness (QED) is 0.712. The minimum absolute atomic E-state index is 0.138. The highest BCUT2D eigenvalue weighted by atomic mass is 16.1. The van der Waals surface area contributed by atoms with Gasteiger partial charge in [-0.3, -0.25) is 9.48 Å². The van der Waals surface area contributed by atoms with E-state index < -0.39 is 0 Å². The Hall–Kier alpha value is -1.52.